The summed E-state index contributed by atoms with van der Waals surface area (Å²) < 4.78 is 39.7. The summed E-state index contributed by atoms with van der Waals surface area (Å²) >= 11 is 9.55. The summed E-state index contributed by atoms with van der Waals surface area (Å²) in [5.74, 6) is -0.0705. The SMILES string of the molecule is Nc1nc2c(ncn2[C@@H]2O[C@@H]3COP(O)(=S)N[C@@H]4C(O)[C@H](n5cnc6c(N)ncnc65)O[C@@H]4COP(=O)(S)N[C@@H]3C2O)c(=O)[nH]1. The van der Waals surface area contributed by atoms with E-state index in [1.54, 1.807) is 0 Å². The second-order valence-corrected chi connectivity index (χ2v) is 16.6. The van der Waals surface area contributed by atoms with E-state index in [4.69, 9.17) is 41.8 Å². The summed E-state index contributed by atoms with van der Waals surface area (Å²) in [6.45, 7) is -8.77. The number of imidazole rings is 2. The lowest BCUT2D eigenvalue weighted by molar-refractivity contribution is -0.0467. The van der Waals surface area contributed by atoms with Gasteiger partial charge in [0, 0.05) is 0 Å². The smallest absolute Gasteiger partial charge is 0.324 e. The predicted octanol–water partition coefficient (Wildman–Crippen LogP) is -2.14. The summed E-state index contributed by atoms with van der Waals surface area (Å²) in [5, 5.41) is 28.1. The molecule has 242 valence electrons. The van der Waals surface area contributed by atoms with Crippen LogP contribution in [0.15, 0.2) is 23.8 Å². The van der Waals surface area contributed by atoms with Crippen LogP contribution < -0.4 is 27.2 Å². The summed E-state index contributed by atoms with van der Waals surface area (Å²) in [4.78, 5) is 46.1. The predicted molar refractivity (Wildman–Crippen MR) is 161 cm³/mol. The molecule has 3 fully saturated rings. The van der Waals surface area contributed by atoms with Crippen LogP contribution in [0.25, 0.3) is 22.3 Å². The first-order valence-corrected chi connectivity index (χ1v) is 18.6. The largest absolute Gasteiger partial charge is 0.387 e. The zero-order valence-electron chi connectivity index (χ0n) is 22.6. The Morgan fingerprint density at radius 1 is 0.933 bits per heavy atom. The van der Waals surface area contributed by atoms with E-state index in [1.165, 1.54) is 28.1 Å². The number of thiol groups is 1. The lowest BCUT2D eigenvalue weighted by atomic mass is 10.1. The number of aromatic nitrogens is 8. The number of aliphatic hydroxyl groups excluding tert-OH is 2. The summed E-state index contributed by atoms with van der Waals surface area (Å²) in [7, 11) is 0. The van der Waals surface area contributed by atoms with E-state index in [2.05, 4.69) is 52.3 Å². The van der Waals surface area contributed by atoms with Gasteiger partial charge in [-0.25, -0.2) is 30.1 Å². The lowest BCUT2D eigenvalue weighted by Crippen LogP contribution is -2.47. The van der Waals surface area contributed by atoms with Crippen LogP contribution in [0.5, 0.6) is 0 Å². The van der Waals surface area contributed by atoms with Crippen molar-refractivity contribution in [2.24, 2.45) is 0 Å². The second kappa shape index (κ2) is 11.3. The molecule has 4 aromatic rings. The number of hydrogen-bond donors (Lipinski definition) is 9. The minimum atomic E-state index is -4.03. The fourth-order valence-electron chi connectivity index (χ4n) is 5.53. The monoisotopic (exact) mass is 704 g/mol. The Balaban J connectivity index is 1.17. The first-order chi connectivity index (χ1) is 21.3. The molecule has 7 heterocycles. The van der Waals surface area contributed by atoms with Crippen LogP contribution in [-0.2, 0) is 34.9 Å². The van der Waals surface area contributed by atoms with Crippen LogP contribution in [-0.4, -0.2) is 104 Å². The standard InChI is InChI=1S/C20H26N12O9P2S2/c21-14-10-15(24-3-23-14)31(4-25-10)18-12(33)8-6(40-18)1-38-43(37,45)30-9-7(2-39-42(36,44)29-8)41-19(13(9)34)32-5-26-11-16(32)27-20(22)28-17(11)35/h3-9,12-13,18-19,33-34H,1-2H2,(H2,21,23,24)(H2,29,36,44)(H2,30,37,45)(H3,22,27,28,35)/t6-,7-,8+,9+,12?,13?,18-,19-,42?,43?/m1/s1. The van der Waals surface area contributed by atoms with Crippen LogP contribution in [0.2, 0.25) is 0 Å². The molecule has 45 heavy (non-hydrogen) atoms. The number of rotatable bonds is 2. The molecule has 25 heteroatoms. The molecule has 3 aliphatic heterocycles. The molecule has 0 amide bonds. The summed E-state index contributed by atoms with van der Waals surface area (Å²) in [5.41, 5.74) is 11.5. The van der Waals surface area contributed by atoms with E-state index >= 15 is 0 Å². The van der Waals surface area contributed by atoms with E-state index in [0.717, 1.165) is 0 Å². The Kier molecular flexibility index (Phi) is 7.76. The van der Waals surface area contributed by atoms with Gasteiger partial charge in [-0.15, -0.1) is 0 Å². The van der Waals surface area contributed by atoms with Crippen molar-refractivity contribution in [2.75, 3.05) is 24.7 Å². The molecular formula is C20H26N12O9P2S2. The highest BCUT2D eigenvalue weighted by Crippen LogP contribution is 2.52. The maximum Gasteiger partial charge on any atom is 0.324 e. The van der Waals surface area contributed by atoms with Gasteiger partial charge in [0.25, 0.3) is 12.2 Å². The maximum absolute atomic E-state index is 13.6. The van der Waals surface area contributed by atoms with Gasteiger partial charge in [0.2, 0.25) is 5.95 Å². The molecule has 0 aliphatic carbocycles. The minimum absolute atomic E-state index is 0.0196. The van der Waals surface area contributed by atoms with Crippen LogP contribution in [0.3, 0.4) is 0 Å². The molecule has 10 atom stereocenters. The van der Waals surface area contributed by atoms with Crippen LogP contribution >= 0.6 is 25.6 Å². The first kappa shape index (κ1) is 31.0. The third-order valence-corrected chi connectivity index (χ3v) is 11.2. The van der Waals surface area contributed by atoms with Crippen molar-refractivity contribution in [3.05, 3.63) is 29.3 Å². The molecule has 4 unspecified atom stereocenters. The number of aliphatic hydroxyl groups is 2. The van der Waals surface area contributed by atoms with Gasteiger partial charge in [-0.1, -0.05) is 12.2 Å². The van der Waals surface area contributed by atoms with Crippen LogP contribution in [0, 0.1) is 0 Å². The van der Waals surface area contributed by atoms with Crippen LogP contribution in [0.4, 0.5) is 11.8 Å². The van der Waals surface area contributed by atoms with Gasteiger partial charge in [0.05, 0.1) is 38.0 Å². The zero-order chi connectivity index (χ0) is 31.8. The van der Waals surface area contributed by atoms with Gasteiger partial charge < -0.3 is 45.1 Å². The Morgan fingerprint density at radius 2 is 1.53 bits per heavy atom. The maximum atomic E-state index is 13.6. The number of H-pyrrole nitrogens is 1. The summed E-state index contributed by atoms with van der Waals surface area (Å²) in [6.07, 6.45) is -3.53. The average molecular weight is 705 g/mol. The van der Waals surface area contributed by atoms with Gasteiger partial charge in [-0.3, -0.25) is 23.5 Å². The number of nitrogens with two attached hydrogens (primary N) is 2. The van der Waals surface area contributed by atoms with Crippen molar-refractivity contribution in [3.63, 3.8) is 0 Å². The normalized spacial score (nSPS) is 37.7. The highest BCUT2D eigenvalue weighted by Gasteiger charge is 2.51. The van der Waals surface area contributed by atoms with E-state index in [9.17, 15) is 24.5 Å². The fraction of sp³-hybridized carbons (Fsp3) is 0.500. The second-order valence-electron chi connectivity index (χ2n) is 10.4. The topological polar surface area (TPSA) is 298 Å². The highest BCUT2D eigenvalue weighted by atomic mass is 32.7. The van der Waals surface area contributed by atoms with E-state index < -0.39 is 81.1 Å². The fourth-order valence-corrected chi connectivity index (χ4v) is 8.92. The van der Waals surface area contributed by atoms with E-state index in [1.807, 2.05) is 0 Å². The Bertz CT molecular complexity index is 1940. The molecule has 4 aromatic heterocycles. The number of ether oxygens (including phenoxy) is 2. The third kappa shape index (κ3) is 5.56. The van der Waals surface area contributed by atoms with E-state index in [-0.39, 0.29) is 34.1 Å². The zero-order valence-corrected chi connectivity index (χ0v) is 26.1. The van der Waals surface area contributed by atoms with Gasteiger partial charge in [0.15, 0.2) is 35.1 Å². The first-order valence-electron chi connectivity index (χ1n) is 13.1. The number of nitrogen functional groups attached to an aromatic ring is 2. The molecule has 21 nitrogen and oxygen atoms in total. The molecule has 3 aliphatic rings. The highest BCUT2D eigenvalue weighted by molar-refractivity contribution is 8.45. The Hall–Kier alpha value is -2.63. The molecule has 0 aromatic carbocycles. The van der Waals surface area contributed by atoms with Crippen molar-refractivity contribution in [2.45, 2.75) is 49.0 Å². The molecule has 0 spiro atoms. The average Bonchev–Trinajstić information content (AvgIpc) is 3.72. The van der Waals surface area contributed by atoms with Crippen molar-refractivity contribution >= 4 is 71.5 Å². The van der Waals surface area contributed by atoms with Crippen molar-refractivity contribution < 1.29 is 38.2 Å². The molecule has 0 radical (unpaired) electrons. The molecule has 7 rings (SSSR count). The number of anilines is 2. The van der Waals surface area contributed by atoms with Crippen molar-refractivity contribution in [3.8, 4) is 0 Å². The minimum Gasteiger partial charge on any atom is -0.387 e. The van der Waals surface area contributed by atoms with Gasteiger partial charge in [0.1, 0.15) is 36.3 Å². The van der Waals surface area contributed by atoms with Crippen LogP contribution in [0.1, 0.15) is 12.5 Å². The third-order valence-electron chi connectivity index (χ3n) is 7.59. The molecule has 0 bridgehead atoms. The van der Waals surface area contributed by atoms with E-state index in [0.29, 0.717) is 0 Å². The van der Waals surface area contributed by atoms with Gasteiger partial charge in [-0.05, 0) is 11.8 Å². The van der Waals surface area contributed by atoms with Crippen molar-refractivity contribution in [1.82, 2.24) is 49.2 Å². The van der Waals surface area contributed by atoms with Gasteiger partial charge in [-0.2, -0.15) is 4.98 Å². The molecule has 3 saturated heterocycles. The molecular weight excluding hydrogens is 678 g/mol. The number of hydrogen-bond acceptors (Lipinski definition) is 16. The number of nitrogens with one attached hydrogen (secondary N) is 3. The molecule has 0 saturated carbocycles. The number of fused-ring (bicyclic) bond motifs is 4. The quantitative estimate of drug-likeness (QED) is 0.0794. The Labute approximate surface area is 261 Å². The Morgan fingerprint density at radius 3 is 2.22 bits per heavy atom. The molecule has 10 N–H and O–H groups in total. The number of aromatic amines is 1. The van der Waals surface area contributed by atoms with Gasteiger partial charge >= 0.3 is 6.72 Å². The number of nitrogens with zero attached hydrogens (tertiary/aromatic N) is 7. The lowest BCUT2D eigenvalue weighted by Gasteiger charge is -2.31. The summed E-state index contributed by atoms with van der Waals surface area (Å²) in [6, 6.07) is -2.26. The van der Waals surface area contributed by atoms with Crippen molar-refractivity contribution in [1.29, 1.82) is 0 Å².